The van der Waals surface area contributed by atoms with Crippen LogP contribution in [0.1, 0.15) is 51.3 Å². The number of ketones is 1. The van der Waals surface area contributed by atoms with Crippen LogP contribution >= 0.6 is 0 Å². The SMILES string of the molecule is CC1(C)C(C(=O)CC2OCCc3ccccc32)C1(C)C. The van der Waals surface area contributed by atoms with E-state index in [1.54, 1.807) is 0 Å². The van der Waals surface area contributed by atoms with Gasteiger partial charge in [0.05, 0.1) is 12.7 Å². The van der Waals surface area contributed by atoms with Gasteiger partial charge in [-0.15, -0.1) is 0 Å². The van der Waals surface area contributed by atoms with Crippen LogP contribution in [0.3, 0.4) is 0 Å². The van der Waals surface area contributed by atoms with Crippen molar-refractivity contribution >= 4 is 5.78 Å². The van der Waals surface area contributed by atoms with E-state index in [4.69, 9.17) is 4.74 Å². The minimum absolute atomic E-state index is 0.0420. The fourth-order valence-corrected chi connectivity index (χ4v) is 3.95. The first-order chi connectivity index (χ1) is 9.35. The molecule has 1 heterocycles. The fraction of sp³-hybridized carbons (Fsp3) is 0.611. The standard InChI is InChI=1S/C18H24O2/c1-17(2)16(18(17,3)4)14(19)11-15-13-8-6-5-7-12(13)9-10-20-15/h5-8,15-16H,9-11H2,1-4H3. The normalized spacial score (nSPS) is 26.9. The zero-order valence-corrected chi connectivity index (χ0v) is 12.9. The molecule has 108 valence electrons. The van der Waals surface area contributed by atoms with Gasteiger partial charge < -0.3 is 4.74 Å². The number of rotatable bonds is 3. The summed E-state index contributed by atoms with van der Waals surface area (Å²) in [6, 6.07) is 8.36. The van der Waals surface area contributed by atoms with Crippen LogP contribution in [0.5, 0.6) is 0 Å². The fourth-order valence-electron chi connectivity index (χ4n) is 3.95. The molecule has 3 rings (SSSR count). The van der Waals surface area contributed by atoms with E-state index < -0.39 is 0 Å². The number of hydrogen-bond acceptors (Lipinski definition) is 2. The third-order valence-electron chi connectivity index (χ3n) is 5.82. The van der Waals surface area contributed by atoms with Gasteiger partial charge in [0, 0.05) is 12.3 Å². The Morgan fingerprint density at radius 2 is 1.85 bits per heavy atom. The summed E-state index contributed by atoms with van der Waals surface area (Å²) in [5.74, 6) is 0.536. The third-order valence-corrected chi connectivity index (χ3v) is 5.82. The van der Waals surface area contributed by atoms with Crippen LogP contribution in [0.2, 0.25) is 0 Å². The summed E-state index contributed by atoms with van der Waals surface area (Å²) >= 11 is 0. The minimum atomic E-state index is -0.0420. The predicted molar refractivity (Wildman–Crippen MR) is 79.5 cm³/mol. The summed E-state index contributed by atoms with van der Waals surface area (Å²) in [5.41, 5.74) is 2.80. The van der Waals surface area contributed by atoms with Gasteiger partial charge in [0.25, 0.3) is 0 Å². The van der Waals surface area contributed by atoms with Crippen molar-refractivity contribution in [2.75, 3.05) is 6.61 Å². The summed E-state index contributed by atoms with van der Waals surface area (Å²) in [6.45, 7) is 9.53. The first-order valence-electron chi connectivity index (χ1n) is 7.58. The molecule has 1 aliphatic heterocycles. The Balaban J connectivity index is 1.76. The Morgan fingerprint density at radius 1 is 1.20 bits per heavy atom. The molecule has 0 spiro atoms. The van der Waals surface area contributed by atoms with Crippen LogP contribution in [-0.2, 0) is 16.0 Å². The maximum atomic E-state index is 12.6. The molecule has 1 atom stereocenters. The average Bonchev–Trinajstić information content (AvgIpc) is 2.80. The van der Waals surface area contributed by atoms with Crippen molar-refractivity contribution < 1.29 is 9.53 Å². The maximum Gasteiger partial charge on any atom is 0.140 e. The number of carbonyl (C=O) groups is 1. The number of hydrogen-bond donors (Lipinski definition) is 0. The molecule has 20 heavy (non-hydrogen) atoms. The van der Waals surface area contributed by atoms with Gasteiger partial charge in [0.1, 0.15) is 5.78 Å². The number of Topliss-reactive ketones (excluding diaryl/α,β-unsaturated/α-hetero) is 1. The van der Waals surface area contributed by atoms with E-state index in [9.17, 15) is 4.79 Å². The first kappa shape index (κ1) is 13.8. The van der Waals surface area contributed by atoms with Gasteiger partial charge in [-0.3, -0.25) is 4.79 Å². The van der Waals surface area contributed by atoms with Gasteiger partial charge in [0.15, 0.2) is 0 Å². The Hall–Kier alpha value is -1.15. The van der Waals surface area contributed by atoms with Crippen molar-refractivity contribution in [3.63, 3.8) is 0 Å². The molecule has 1 aromatic rings. The molecular weight excluding hydrogens is 248 g/mol. The highest BCUT2D eigenvalue weighted by molar-refractivity contribution is 5.86. The smallest absolute Gasteiger partial charge is 0.140 e. The first-order valence-corrected chi connectivity index (χ1v) is 7.58. The van der Waals surface area contributed by atoms with Crippen LogP contribution in [-0.4, -0.2) is 12.4 Å². The zero-order chi connectivity index (χ0) is 14.5. The van der Waals surface area contributed by atoms with Crippen LogP contribution in [0, 0.1) is 16.7 Å². The lowest BCUT2D eigenvalue weighted by Gasteiger charge is -2.25. The molecule has 2 heteroatoms. The highest BCUT2D eigenvalue weighted by atomic mass is 16.5. The number of carbonyl (C=O) groups excluding carboxylic acids is 1. The molecular formula is C18H24O2. The number of fused-ring (bicyclic) bond motifs is 1. The Kier molecular flexibility index (Phi) is 3.06. The van der Waals surface area contributed by atoms with E-state index in [1.807, 2.05) is 6.07 Å². The molecule has 1 aliphatic carbocycles. The predicted octanol–water partition coefficient (Wildman–Crippen LogP) is 3.94. The van der Waals surface area contributed by atoms with Crippen LogP contribution in [0.15, 0.2) is 24.3 Å². The summed E-state index contributed by atoms with van der Waals surface area (Å²) in [4.78, 5) is 12.6. The molecule has 1 unspecified atom stereocenters. The van der Waals surface area contributed by atoms with Gasteiger partial charge in [-0.05, 0) is 28.4 Å². The lowest BCUT2D eigenvalue weighted by Crippen LogP contribution is -2.20. The topological polar surface area (TPSA) is 26.3 Å². The molecule has 2 aliphatic rings. The quantitative estimate of drug-likeness (QED) is 0.833. The molecule has 0 N–H and O–H groups in total. The van der Waals surface area contributed by atoms with E-state index in [0.29, 0.717) is 12.2 Å². The van der Waals surface area contributed by atoms with Gasteiger partial charge in [0.2, 0.25) is 0 Å². The second-order valence-electron chi connectivity index (χ2n) is 7.36. The lowest BCUT2D eigenvalue weighted by atomic mass is 9.92. The Morgan fingerprint density at radius 3 is 2.50 bits per heavy atom. The third kappa shape index (κ3) is 1.93. The van der Waals surface area contributed by atoms with E-state index in [-0.39, 0.29) is 22.9 Å². The lowest BCUT2D eigenvalue weighted by molar-refractivity contribution is -0.124. The molecule has 0 radical (unpaired) electrons. The zero-order valence-electron chi connectivity index (χ0n) is 12.9. The molecule has 0 amide bonds. The van der Waals surface area contributed by atoms with Crippen molar-refractivity contribution in [3.8, 4) is 0 Å². The summed E-state index contributed by atoms with van der Waals surface area (Å²) in [6.07, 6.45) is 1.44. The number of ether oxygens (including phenoxy) is 1. The van der Waals surface area contributed by atoms with Crippen LogP contribution in [0.4, 0.5) is 0 Å². The summed E-state index contributed by atoms with van der Waals surface area (Å²) in [5, 5.41) is 0. The van der Waals surface area contributed by atoms with Gasteiger partial charge >= 0.3 is 0 Å². The van der Waals surface area contributed by atoms with E-state index >= 15 is 0 Å². The molecule has 0 bridgehead atoms. The van der Waals surface area contributed by atoms with E-state index in [1.165, 1.54) is 11.1 Å². The van der Waals surface area contributed by atoms with Crippen molar-refractivity contribution in [1.29, 1.82) is 0 Å². The Bertz CT molecular complexity index is 528. The molecule has 1 fully saturated rings. The molecule has 2 nitrogen and oxygen atoms in total. The van der Waals surface area contributed by atoms with Gasteiger partial charge in [-0.25, -0.2) is 0 Å². The van der Waals surface area contributed by atoms with E-state index in [0.717, 1.165) is 13.0 Å². The highest BCUT2D eigenvalue weighted by Gasteiger charge is 2.67. The monoisotopic (exact) mass is 272 g/mol. The Labute approximate surface area is 121 Å². The van der Waals surface area contributed by atoms with Crippen molar-refractivity contribution in [2.24, 2.45) is 16.7 Å². The maximum absolute atomic E-state index is 12.6. The number of benzene rings is 1. The summed E-state index contributed by atoms with van der Waals surface area (Å²) in [7, 11) is 0. The van der Waals surface area contributed by atoms with Gasteiger partial charge in [-0.1, -0.05) is 52.0 Å². The summed E-state index contributed by atoms with van der Waals surface area (Å²) < 4.78 is 5.87. The van der Waals surface area contributed by atoms with Crippen molar-refractivity contribution in [2.45, 2.75) is 46.6 Å². The van der Waals surface area contributed by atoms with Crippen LogP contribution in [0.25, 0.3) is 0 Å². The van der Waals surface area contributed by atoms with E-state index in [2.05, 4.69) is 45.9 Å². The van der Waals surface area contributed by atoms with Crippen molar-refractivity contribution in [1.82, 2.24) is 0 Å². The largest absolute Gasteiger partial charge is 0.373 e. The highest BCUT2D eigenvalue weighted by Crippen LogP contribution is 2.69. The second kappa shape index (κ2) is 4.42. The molecule has 1 aromatic carbocycles. The van der Waals surface area contributed by atoms with Crippen LogP contribution < -0.4 is 0 Å². The second-order valence-corrected chi connectivity index (χ2v) is 7.36. The molecule has 0 aromatic heterocycles. The minimum Gasteiger partial charge on any atom is -0.373 e. The molecule has 0 saturated heterocycles. The molecule has 1 saturated carbocycles. The van der Waals surface area contributed by atoms with Crippen molar-refractivity contribution in [3.05, 3.63) is 35.4 Å². The average molecular weight is 272 g/mol. The van der Waals surface area contributed by atoms with Gasteiger partial charge in [-0.2, -0.15) is 0 Å².